The van der Waals surface area contributed by atoms with Crippen molar-refractivity contribution in [2.75, 3.05) is 37.6 Å². The number of carbonyl (C=O) groups is 1. The van der Waals surface area contributed by atoms with Gasteiger partial charge < -0.3 is 20.9 Å². The van der Waals surface area contributed by atoms with E-state index in [2.05, 4.69) is 20.9 Å². The minimum absolute atomic E-state index is 0.0326. The Bertz CT molecular complexity index is 839. The lowest BCUT2D eigenvalue weighted by atomic mass is 10.2. The van der Waals surface area contributed by atoms with Crippen LogP contribution in [0, 0.1) is 11.6 Å². The molecule has 0 bridgehead atoms. The lowest BCUT2D eigenvalue weighted by Gasteiger charge is -2.21. The van der Waals surface area contributed by atoms with Crippen molar-refractivity contribution in [3.8, 4) is 0 Å². The highest BCUT2D eigenvalue weighted by atomic mass is 32.1. The van der Waals surface area contributed by atoms with Gasteiger partial charge in [-0.3, -0.25) is 9.79 Å². The number of hydrogen-bond acceptors (Lipinski definition) is 4. The molecule has 3 rings (SSSR count). The molecule has 3 N–H and O–H groups in total. The summed E-state index contributed by atoms with van der Waals surface area (Å²) in [6.45, 7) is 4.86. The Morgan fingerprint density at radius 2 is 2.03 bits per heavy atom. The third-order valence-electron chi connectivity index (χ3n) is 4.76. The van der Waals surface area contributed by atoms with Gasteiger partial charge in [0.25, 0.3) is 5.91 Å². The first-order chi connectivity index (χ1) is 14.6. The van der Waals surface area contributed by atoms with Crippen LogP contribution in [-0.4, -0.2) is 50.6 Å². The molecule has 0 aliphatic carbocycles. The van der Waals surface area contributed by atoms with E-state index in [-0.39, 0.29) is 17.6 Å². The maximum Gasteiger partial charge on any atom is 0.261 e. The smallest absolute Gasteiger partial charge is 0.261 e. The molecule has 9 heteroatoms. The Morgan fingerprint density at radius 3 is 2.73 bits per heavy atom. The van der Waals surface area contributed by atoms with Crippen molar-refractivity contribution in [1.29, 1.82) is 0 Å². The van der Waals surface area contributed by atoms with E-state index in [9.17, 15) is 13.6 Å². The summed E-state index contributed by atoms with van der Waals surface area (Å²) < 4.78 is 28.1. The molecule has 0 saturated carbocycles. The number of benzene rings is 1. The minimum atomic E-state index is -0.541. The van der Waals surface area contributed by atoms with Gasteiger partial charge in [-0.1, -0.05) is 12.1 Å². The zero-order valence-corrected chi connectivity index (χ0v) is 17.8. The number of aliphatic imine (C=N–C) groups is 1. The minimum Gasteiger partial charge on any atom is -0.365 e. The third-order valence-corrected chi connectivity index (χ3v) is 5.63. The van der Waals surface area contributed by atoms with Gasteiger partial charge in [0.2, 0.25) is 0 Å². The number of halogens is 2. The lowest BCUT2D eigenvalue weighted by Crippen LogP contribution is -2.44. The zero-order valence-electron chi connectivity index (χ0n) is 17.0. The molecule has 162 valence electrons. The third kappa shape index (κ3) is 5.91. The van der Waals surface area contributed by atoms with Gasteiger partial charge in [-0.2, -0.15) is 0 Å². The summed E-state index contributed by atoms with van der Waals surface area (Å²) in [4.78, 5) is 18.9. The number of thiophene rings is 1. The van der Waals surface area contributed by atoms with Gasteiger partial charge in [0.05, 0.1) is 4.88 Å². The molecule has 1 aromatic carbocycles. The molecule has 2 heterocycles. The van der Waals surface area contributed by atoms with E-state index in [1.54, 1.807) is 11.0 Å². The Kier molecular flexibility index (Phi) is 8.01. The van der Waals surface area contributed by atoms with Crippen LogP contribution in [0.25, 0.3) is 0 Å². The van der Waals surface area contributed by atoms with Crippen molar-refractivity contribution in [2.45, 2.75) is 25.8 Å². The lowest BCUT2D eigenvalue weighted by molar-refractivity contribution is 0.0957. The van der Waals surface area contributed by atoms with Gasteiger partial charge in [0, 0.05) is 38.8 Å². The van der Waals surface area contributed by atoms with Crippen LogP contribution in [0.4, 0.5) is 14.5 Å². The highest BCUT2D eigenvalue weighted by Crippen LogP contribution is 2.26. The molecule has 1 fully saturated rings. The Labute approximate surface area is 179 Å². The Hall–Kier alpha value is -2.68. The standard InChI is InChI=1S/C21H27F2N5OS/c1-2-24-21(26-11-5-10-25-20(29)18-8-4-13-30-18)27-15-9-12-28(14-15)19-16(22)6-3-7-17(19)23/h3-4,6-8,13,15H,2,5,9-12,14H2,1H3,(H,25,29)(H2,24,26,27). The van der Waals surface area contributed by atoms with Crippen molar-refractivity contribution in [3.63, 3.8) is 0 Å². The number of para-hydroxylation sites is 1. The van der Waals surface area contributed by atoms with Crippen molar-refractivity contribution < 1.29 is 13.6 Å². The number of nitrogens with zero attached hydrogens (tertiary/aromatic N) is 2. The second kappa shape index (κ2) is 10.9. The maximum atomic E-state index is 14.0. The largest absolute Gasteiger partial charge is 0.365 e. The molecule has 2 aromatic rings. The monoisotopic (exact) mass is 435 g/mol. The predicted molar refractivity (Wildman–Crippen MR) is 117 cm³/mol. The van der Waals surface area contributed by atoms with E-state index in [4.69, 9.17) is 0 Å². The van der Waals surface area contributed by atoms with Crippen LogP contribution in [0.3, 0.4) is 0 Å². The molecule has 1 atom stereocenters. The molecular formula is C21H27F2N5OS. The molecule has 1 unspecified atom stereocenters. The Balaban J connectivity index is 1.46. The summed E-state index contributed by atoms with van der Waals surface area (Å²) in [5.41, 5.74) is 0.0326. The fourth-order valence-corrected chi connectivity index (χ4v) is 3.99. The molecule has 0 spiro atoms. The fraction of sp³-hybridized carbons (Fsp3) is 0.429. The highest BCUT2D eigenvalue weighted by molar-refractivity contribution is 7.12. The number of anilines is 1. The number of guanidine groups is 1. The summed E-state index contributed by atoms with van der Waals surface area (Å²) in [6.07, 6.45) is 1.47. The Morgan fingerprint density at radius 1 is 1.23 bits per heavy atom. The summed E-state index contributed by atoms with van der Waals surface area (Å²) in [5.74, 6) is -0.477. The van der Waals surface area contributed by atoms with Crippen molar-refractivity contribution >= 4 is 28.9 Å². The van der Waals surface area contributed by atoms with E-state index < -0.39 is 11.6 Å². The first-order valence-electron chi connectivity index (χ1n) is 10.1. The van der Waals surface area contributed by atoms with Crippen LogP contribution in [0.15, 0.2) is 40.7 Å². The highest BCUT2D eigenvalue weighted by Gasteiger charge is 2.27. The van der Waals surface area contributed by atoms with Crippen LogP contribution in [0.1, 0.15) is 29.4 Å². The molecule has 1 aliphatic heterocycles. The SMILES string of the molecule is CCNC(=NCCCNC(=O)c1cccs1)NC1CCN(c2c(F)cccc2F)C1. The van der Waals surface area contributed by atoms with E-state index in [0.717, 1.165) is 6.42 Å². The first kappa shape index (κ1) is 22.0. The second-order valence-electron chi connectivity index (χ2n) is 6.99. The van der Waals surface area contributed by atoms with E-state index in [1.165, 1.54) is 29.5 Å². The van der Waals surface area contributed by atoms with Crippen molar-refractivity contribution in [2.24, 2.45) is 4.99 Å². The normalized spacial score (nSPS) is 16.6. The van der Waals surface area contributed by atoms with Gasteiger partial charge in [0.15, 0.2) is 5.96 Å². The molecule has 1 saturated heterocycles. The topological polar surface area (TPSA) is 68.8 Å². The van der Waals surface area contributed by atoms with Crippen LogP contribution < -0.4 is 20.9 Å². The maximum absolute atomic E-state index is 14.0. The molecule has 1 aliphatic rings. The summed E-state index contributed by atoms with van der Waals surface area (Å²) in [6, 6.07) is 7.62. The van der Waals surface area contributed by atoms with Gasteiger partial charge in [-0.25, -0.2) is 8.78 Å². The molecule has 1 aromatic heterocycles. The van der Waals surface area contributed by atoms with E-state index in [0.29, 0.717) is 50.0 Å². The number of rotatable bonds is 8. The number of carbonyl (C=O) groups excluding carboxylic acids is 1. The van der Waals surface area contributed by atoms with Crippen LogP contribution >= 0.6 is 11.3 Å². The molecule has 0 radical (unpaired) electrons. The summed E-state index contributed by atoms with van der Waals surface area (Å²) >= 11 is 1.41. The molecule has 6 nitrogen and oxygen atoms in total. The molecule has 1 amide bonds. The van der Waals surface area contributed by atoms with E-state index >= 15 is 0 Å². The van der Waals surface area contributed by atoms with Gasteiger partial charge in [-0.05, 0) is 43.3 Å². The van der Waals surface area contributed by atoms with Gasteiger partial charge in [0.1, 0.15) is 17.3 Å². The average molecular weight is 436 g/mol. The quantitative estimate of drug-likeness (QED) is 0.339. The number of amides is 1. The second-order valence-corrected chi connectivity index (χ2v) is 7.94. The molecular weight excluding hydrogens is 408 g/mol. The number of hydrogen-bond donors (Lipinski definition) is 3. The summed E-state index contributed by atoms with van der Waals surface area (Å²) in [5, 5.41) is 11.3. The van der Waals surface area contributed by atoms with Gasteiger partial charge in [-0.15, -0.1) is 11.3 Å². The van der Waals surface area contributed by atoms with E-state index in [1.807, 2.05) is 18.4 Å². The van der Waals surface area contributed by atoms with Crippen molar-refractivity contribution in [3.05, 3.63) is 52.2 Å². The average Bonchev–Trinajstić information content (AvgIpc) is 3.40. The first-order valence-corrected chi connectivity index (χ1v) is 11.0. The predicted octanol–water partition coefficient (Wildman–Crippen LogP) is 2.98. The van der Waals surface area contributed by atoms with Crippen LogP contribution in [0.5, 0.6) is 0 Å². The van der Waals surface area contributed by atoms with Crippen molar-refractivity contribution in [1.82, 2.24) is 16.0 Å². The molecule has 30 heavy (non-hydrogen) atoms. The number of nitrogens with one attached hydrogen (secondary N) is 3. The summed E-state index contributed by atoms with van der Waals surface area (Å²) in [7, 11) is 0. The zero-order chi connectivity index (χ0) is 21.3. The van der Waals surface area contributed by atoms with Crippen LogP contribution in [0.2, 0.25) is 0 Å². The van der Waals surface area contributed by atoms with Crippen LogP contribution in [-0.2, 0) is 0 Å². The van der Waals surface area contributed by atoms with Gasteiger partial charge >= 0.3 is 0 Å². The fourth-order valence-electron chi connectivity index (χ4n) is 3.35.